The van der Waals surface area contributed by atoms with Gasteiger partial charge in [-0.05, 0) is 37.5 Å². The van der Waals surface area contributed by atoms with Crippen LogP contribution in [0, 0.1) is 11.6 Å². The van der Waals surface area contributed by atoms with Crippen LogP contribution < -0.4 is 5.32 Å². The second-order valence-electron chi connectivity index (χ2n) is 5.37. The van der Waals surface area contributed by atoms with Gasteiger partial charge in [-0.25, -0.2) is 8.78 Å². The van der Waals surface area contributed by atoms with Crippen LogP contribution in [0.25, 0.3) is 0 Å². The fourth-order valence-corrected chi connectivity index (χ4v) is 2.68. The van der Waals surface area contributed by atoms with Crippen molar-refractivity contribution in [2.45, 2.75) is 57.2 Å². The van der Waals surface area contributed by atoms with Crippen LogP contribution in [0.3, 0.4) is 0 Å². The molecule has 1 aliphatic carbocycles. The van der Waals surface area contributed by atoms with Gasteiger partial charge in [-0.1, -0.05) is 25.3 Å². The average molecular weight is 269 g/mol. The summed E-state index contributed by atoms with van der Waals surface area (Å²) in [5, 5.41) is 13.4. The Morgan fingerprint density at radius 3 is 2.63 bits per heavy atom. The van der Waals surface area contributed by atoms with E-state index < -0.39 is 11.6 Å². The number of hydrogen-bond donors (Lipinski definition) is 2. The van der Waals surface area contributed by atoms with Gasteiger partial charge in [-0.3, -0.25) is 0 Å². The van der Waals surface area contributed by atoms with E-state index >= 15 is 0 Å². The zero-order chi connectivity index (χ0) is 13.8. The SMILES string of the molecule is CC(NC1CCCCCC1O)c1ccc(F)c(F)c1. The van der Waals surface area contributed by atoms with Crippen LogP contribution in [0.2, 0.25) is 0 Å². The largest absolute Gasteiger partial charge is 0.392 e. The highest BCUT2D eigenvalue weighted by atomic mass is 19.2. The lowest BCUT2D eigenvalue weighted by Gasteiger charge is -2.26. The summed E-state index contributed by atoms with van der Waals surface area (Å²) in [4.78, 5) is 0. The maximum absolute atomic E-state index is 13.2. The van der Waals surface area contributed by atoms with Gasteiger partial charge in [0.2, 0.25) is 0 Å². The van der Waals surface area contributed by atoms with Crippen molar-refractivity contribution in [1.82, 2.24) is 5.32 Å². The molecule has 0 amide bonds. The summed E-state index contributed by atoms with van der Waals surface area (Å²) in [7, 11) is 0. The number of aliphatic hydroxyl groups excluding tert-OH is 1. The normalized spacial score (nSPS) is 25.9. The zero-order valence-corrected chi connectivity index (χ0v) is 11.2. The molecular formula is C15H21F2NO. The molecule has 0 radical (unpaired) electrons. The molecule has 2 N–H and O–H groups in total. The summed E-state index contributed by atoms with van der Waals surface area (Å²) in [5.74, 6) is -1.65. The molecule has 3 unspecified atom stereocenters. The molecule has 0 bridgehead atoms. The summed E-state index contributed by atoms with van der Waals surface area (Å²) >= 11 is 0. The molecule has 2 rings (SSSR count). The second-order valence-corrected chi connectivity index (χ2v) is 5.37. The first-order valence-corrected chi connectivity index (χ1v) is 6.97. The lowest BCUT2D eigenvalue weighted by atomic mass is 10.0. The Kier molecular flexibility index (Phi) is 4.88. The lowest BCUT2D eigenvalue weighted by molar-refractivity contribution is 0.115. The Balaban J connectivity index is 2.02. The second kappa shape index (κ2) is 6.44. The average Bonchev–Trinajstić information content (AvgIpc) is 2.58. The van der Waals surface area contributed by atoms with E-state index in [9.17, 15) is 13.9 Å². The van der Waals surface area contributed by atoms with Gasteiger partial charge in [-0.15, -0.1) is 0 Å². The van der Waals surface area contributed by atoms with E-state index in [0.717, 1.165) is 38.2 Å². The Hall–Kier alpha value is -1.00. The highest BCUT2D eigenvalue weighted by molar-refractivity contribution is 5.21. The van der Waals surface area contributed by atoms with Gasteiger partial charge in [-0.2, -0.15) is 0 Å². The Labute approximate surface area is 112 Å². The Morgan fingerprint density at radius 2 is 1.89 bits per heavy atom. The van der Waals surface area contributed by atoms with Gasteiger partial charge < -0.3 is 10.4 Å². The van der Waals surface area contributed by atoms with Crippen molar-refractivity contribution < 1.29 is 13.9 Å². The van der Waals surface area contributed by atoms with E-state index in [2.05, 4.69) is 5.32 Å². The number of rotatable bonds is 3. The predicted molar refractivity (Wildman–Crippen MR) is 70.8 cm³/mol. The minimum Gasteiger partial charge on any atom is -0.392 e. The molecule has 1 aliphatic rings. The highest BCUT2D eigenvalue weighted by Gasteiger charge is 2.23. The molecule has 0 spiro atoms. The van der Waals surface area contributed by atoms with Crippen molar-refractivity contribution in [2.75, 3.05) is 0 Å². The van der Waals surface area contributed by atoms with Crippen LogP contribution >= 0.6 is 0 Å². The van der Waals surface area contributed by atoms with Gasteiger partial charge in [0.25, 0.3) is 0 Å². The van der Waals surface area contributed by atoms with Crippen LogP contribution in [0.1, 0.15) is 50.6 Å². The highest BCUT2D eigenvalue weighted by Crippen LogP contribution is 2.22. The number of nitrogens with one attached hydrogen (secondary N) is 1. The Bertz CT molecular complexity index is 425. The molecule has 0 aliphatic heterocycles. The Morgan fingerprint density at radius 1 is 1.16 bits per heavy atom. The van der Waals surface area contributed by atoms with Gasteiger partial charge >= 0.3 is 0 Å². The van der Waals surface area contributed by atoms with E-state index in [0.29, 0.717) is 5.56 Å². The molecule has 2 nitrogen and oxygen atoms in total. The van der Waals surface area contributed by atoms with Crippen LogP contribution in [0.15, 0.2) is 18.2 Å². The first-order chi connectivity index (χ1) is 9.08. The van der Waals surface area contributed by atoms with Crippen LogP contribution in [-0.4, -0.2) is 17.3 Å². The van der Waals surface area contributed by atoms with E-state index in [4.69, 9.17) is 0 Å². The van der Waals surface area contributed by atoms with Crippen molar-refractivity contribution in [3.63, 3.8) is 0 Å². The molecule has 0 saturated heterocycles. The molecule has 0 heterocycles. The minimum atomic E-state index is -0.828. The number of benzene rings is 1. The van der Waals surface area contributed by atoms with Crippen molar-refractivity contribution in [3.05, 3.63) is 35.4 Å². The predicted octanol–water partition coefficient (Wildman–Crippen LogP) is 3.31. The summed E-state index contributed by atoms with van der Waals surface area (Å²) in [6.45, 7) is 1.91. The zero-order valence-electron chi connectivity index (χ0n) is 11.2. The molecule has 19 heavy (non-hydrogen) atoms. The van der Waals surface area contributed by atoms with Crippen molar-refractivity contribution in [2.24, 2.45) is 0 Å². The van der Waals surface area contributed by atoms with Gasteiger partial charge in [0.1, 0.15) is 0 Å². The van der Waals surface area contributed by atoms with E-state index in [-0.39, 0.29) is 18.2 Å². The van der Waals surface area contributed by atoms with Gasteiger partial charge in [0.05, 0.1) is 6.10 Å². The fourth-order valence-electron chi connectivity index (χ4n) is 2.68. The molecule has 1 saturated carbocycles. The van der Waals surface area contributed by atoms with E-state index in [1.54, 1.807) is 6.07 Å². The fraction of sp³-hybridized carbons (Fsp3) is 0.600. The smallest absolute Gasteiger partial charge is 0.159 e. The molecule has 1 fully saturated rings. The summed E-state index contributed by atoms with van der Waals surface area (Å²) < 4.78 is 26.1. The minimum absolute atomic E-state index is 0.0330. The van der Waals surface area contributed by atoms with Crippen molar-refractivity contribution >= 4 is 0 Å². The van der Waals surface area contributed by atoms with Crippen LogP contribution in [-0.2, 0) is 0 Å². The number of aliphatic hydroxyl groups is 1. The molecule has 0 aromatic heterocycles. The van der Waals surface area contributed by atoms with Crippen molar-refractivity contribution in [3.8, 4) is 0 Å². The summed E-state index contributed by atoms with van der Waals surface area (Å²) in [6, 6.07) is 3.88. The number of halogens is 2. The van der Waals surface area contributed by atoms with Gasteiger partial charge in [0.15, 0.2) is 11.6 Å². The molecule has 1 aromatic carbocycles. The summed E-state index contributed by atoms with van der Waals surface area (Å²) in [6.07, 6.45) is 4.68. The first-order valence-electron chi connectivity index (χ1n) is 6.97. The molecular weight excluding hydrogens is 248 g/mol. The van der Waals surface area contributed by atoms with E-state index in [1.165, 1.54) is 6.07 Å². The van der Waals surface area contributed by atoms with Crippen LogP contribution in [0.5, 0.6) is 0 Å². The topological polar surface area (TPSA) is 32.3 Å². The molecule has 4 heteroatoms. The quantitative estimate of drug-likeness (QED) is 0.825. The lowest BCUT2D eigenvalue weighted by Crippen LogP contribution is -2.40. The third-order valence-electron chi connectivity index (χ3n) is 3.89. The molecule has 1 aromatic rings. The van der Waals surface area contributed by atoms with Gasteiger partial charge in [0, 0.05) is 12.1 Å². The maximum atomic E-state index is 13.2. The molecule has 3 atom stereocenters. The number of hydrogen-bond acceptors (Lipinski definition) is 2. The monoisotopic (exact) mass is 269 g/mol. The first kappa shape index (κ1) is 14.4. The standard InChI is InChI=1S/C15H21F2NO/c1-10(11-7-8-12(16)13(17)9-11)18-14-5-3-2-4-6-15(14)19/h7-10,14-15,18-19H,2-6H2,1H3. The third kappa shape index (κ3) is 3.74. The maximum Gasteiger partial charge on any atom is 0.159 e. The van der Waals surface area contributed by atoms with Crippen LogP contribution in [0.4, 0.5) is 8.78 Å². The third-order valence-corrected chi connectivity index (χ3v) is 3.89. The van der Waals surface area contributed by atoms with E-state index in [1.807, 2.05) is 6.92 Å². The summed E-state index contributed by atoms with van der Waals surface area (Å²) in [5.41, 5.74) is 0.704. The van der Waals surface area contributed by atoms with Crippen molar-refractivity contribution in [1.29, 1.82) is 0 Å². The molecule has 106 valence electrons.